The van der Waals surface area contributed by atoms with Crippen LogP contribution in [0.5, 0.6) is 0 Å². The fourth-order valence-corrected chi connectivity index (χ4v) is 4.99. The smallest absolute Gasteiger partial charge is 0.253 e. The predicted octanol–water partition coefficient (Wildman–Crippen LogP) is 4.06. The summed E-state index contributed by atoms with van der Waals surface area (Å²) in [4.78, 5) is 30.0. The Kier molecular flexibility index (Phi) is 7.46. The molecule has 1 N–H and O–H groups in total. The van der Waals surface area contributed by atoms with Crippen molar-refractivity contribution in [3.8, 4) is 0 Å². The molecule has 2 aliphatic heterocycles. The molecular weight excluding hydrogens is 398 g/mol. The first-order valence-electron chi connectivity index (χ1n) is 11.2. The molecule has 1 aromatic rings. The zero-order chi connectivity index (χ0) is 21.9. The van der Waals surface area contributed by atoms with E-state index in [0.29, 0.717) is 42.1 Å². The molecule has 0 aliphatic carbocycles. The Morgan fingerprint density at radius 3 is 2.37 bits per heavy atom. The van der Waals surface area contributed by atoms with Crippen LogP contribution in [0.2, 0.25) is 5.02 Å². The van der Waals surface area contributed by atoms with Crippen LogP contribution in [-0.2, 0) is 4.79 Å². The second kappa shape index (κ2) is 9.69. The standard InChI is InChI=1S/C24H36ClN3O2/c1-17-12-18(2)14-28(13-17)24(3,4)16-26-22(29)20-6-5-11-27(15-20)23(30)19-7-9-21(25)10-8-19/h7-10,17-18,20H,5-6,11-16H2,1-4H3,(H,26,29). The molecule has 1 aromatic carbocycles. The molecular formula is C24H36ClN3O2. The first-order chi connectivity index (χ1) is 14.2. The number of halogens is 1. The Labute approximate surface area is 186 Å². The molecule has 5 nitrogen and oxygen atoms in total. The van der Waals surface area contributed by atoms with E-state index < -0.39 is 0 Å². The molecule has 0 spiro atoms. The number of hydrogen-bond donors (Lipinski definition) is 1. The normalized spacial score (nSPS) is 25.8. The molecule has 3 unspecified atom stereocenters. The summed E-state index contributed by atoms with van der Waals surface area (Å²) >= 11 is 5.93. The quantitative estimate of drug-likeness (QED) is 0.761. The lowest BCUT2D eigenvalue weighted by Crippen LogP contribution is -2.57. The Bertz CT molecular complexity index is 739. The van der Waals surface area contributed by atoms with Crippen LogP contribution < -0.4 is 5.32 Å². The van der Waals surface area contributed by atoms with E-state index in [1.165, 1.54) is 6.42 Å². The maximum absolute atomic E-state index is 12.9. The lowest BCUT2D eigenvalue weighted by Gasteiger charge is -2.45. The fourth-order valence-electron chi connectivity index (χ4n) is 4.87. The highest BCUT2D eigenvalue weighted by Gasteiger charge is 2.34. The number of benzene rings is 1. The summed E-state index contributed by atoms with van der Waals surface area (Å²) in [5.41, 5.74) is 0.543. The minimum atomic E-state index is -0.148. The van der Waals surface area contributed by atoms with Crippen molar-refractivity contribution in [2.75, 3.05) is 32.7 Å². The first kappa shape index (κ1) is 23.1. The molecule has 3 rings (SSSR count). The van der Waals surface area contributed by atoms with Crippen molar-refractivity contribution in [3.63, 3.8) is 0 Å². The highest BCUT2D eigenvalue weighted by molar-refractivity contribution is 6.30. The zero-order valence-electron chi connectivity index (χ0n) is 18.8. The Morgan fingerprint density at radius 2 is 1.73 bits per heavy atom. The summed E-state index contributed by atoms with van der Waals surface area (Å²) in [6.45, 7) is 13.0. The number of hydrogen-bond acceptors (Lipinski definition) is 3. The van der Waals surface area contributed by atoms with Gasteiger partial charge >= 0.3 is 0 Å². The van der Waals surface area contributed by atoms with Crippen molar-refractivity contribution in [1.29, 1.82) is 0 Å². The fraction of sp³-hybridized carbons (Fsp3) is 0.667. The number of piperidine rings is 2. The number of likely N-dealkylation sites (tertiary alicyclic amines) is 2. The molecule has 2 heterocycles. The van der Waals surface area contributed by atoms with Crippen LogP contribution in [0.3, 0.4) is 0 Å². The summed E-state index contributed by atoms with van der Waals surface area (Å²) in [6, 6.07) is 6.95. The maximum Gasteiger partial charge on any atom is 0.253 e. The van der Waals surface area contributed by atoms with Crippen LogP contribution in [0.15, 0.2) is 24.3 Å². The molecule has 0 saturated carbocycles. The van der Waals surface area contributed by atoms with Crippen molar-refractivity contribution in [1.82, 2.24) is 15.1 Å². The average Bonchev–Trinajstić information content (AvgIpc) is 2.71. The molecule has 2 fully saturated rings. The third kappa shape index (κ3) is 5.76. The molecule has 0 aromatic heterocycles. The van der Waals surface area contributed by atoms with Gasteiger partial charge in [0.05, 0.1) is 5.92 Å². The van der Waals surface area contributed by atoms with Gasteiger partial charge < -0.3 is 10.2 Å². The maximum atomic E-state index is 12.9. The summed E-state index contributed by atoms with van der Waals surface area (Å²) < 4.78 is 0. The second-order valence-corrected chi connectivity index (χ2v) is 10.4. The second-order valence-electron chi connectivity index (χ2n) is 9.98. The zero-order valence-corrected chi connectivity index (χ0v) is 19.5. The van der Waals surface area contributed by atoms with Gasteiger partial charge in [0, 0.05) is 48.8 Å². The summed E-state index contributed by atoms with van der Waals surface area (Å²) in [5.74, 6) is 1.27. The van der Waals surface area contributed by atoms with E-state index in [2.05, 4.69) is 37.9 Å². The van der Waals surface area contributed by atoms with Gasteiger partial charge in [-0.2, -0.15) is 0 Å². The van der Waals surface area contributed by atoms with E-state index in [1.807, 2.05) is 0 Å². The Hall–Kier alpha value is -1.59. The number of amides is 2. The molecule has 6 heteroatoms. The number of carbonyl (C=O) groups is 2. The van der Waals surface area contributed by atoms with E-state index in [-0.39, 0.29) is 23.3 Å². The minimum absolute atomic E-state index is 0.0270. The third-order valence-electron chi connectivity index (χ3n) is 6.59. The highest BCUT2D eigenvalue weighted by atomic mass is 35.5. The van der Waals surface area contributed by atoms with Crippen LogP contribution >= 0.6 is 11.6 Å². The van der Waals surface area contributed by atoms with Crippen LogP contribution in [0, 0.1) is 17.8 Å². The topological polar surface area (TPSA) is 52.7 Å². The van der Waals surface area contributed by atoms with Crippen LogP contribution in [0.25, 0.3) is 0 Å². The lowest BCUT2D eigenvalue weighted by atomic mass is 9.88. The van der Waals surface area contributed by atoms with E-state index in [4.69, 9.17) is 11.6 Å². The molecule has 166 valence electrons. The largest absolute Gasteiger partial charge is 0.354 e. The van der Waals surface area contributed by atoms with Crippen LogP contribution in [-0.4, -0.2) is 59.9 Å². The van der Waals surface area contributed by atoms with E-state index >= 15 is 0 Å². The van der Waals surface area contributed by atoms with Crippen molar-refractivity contribution >= 4 is 23.4 Å². The van der Waals surface area contributed by atoms with Gasteiger partial charge in [-0.25, -0.2) is 0 Å². The third-order valence-corrected chi connectivity index (χ3v) is 6.84. The monoisotopic (exact) mass is 433 g/mol. The van der Waals surface area contributed by atoms with Gasteiger partial charge in [0.15, 0.2) is 0 Å². The molecule has 2 amide bonds. The number of nitrogens with one attached hydrogen (secondary N) is 1. The van der Waals surface area contributed by atoms with E-state index in [1.54, 1.807) is 29.2 Å². The summed E-state index contributed by atoms with van der Waals surface area (Å²) in [7, 11) is 0. The summed E-state index contributed by atoms with van der Waals surface area (Å²) in [5, 5.41) is 3.80. The van der Waals surface area contributed by atoms with Gasteiger partial charge in [0.1, 0.15) is 0 Å². The van der Waals surface area contributed by atoms with Gasteiger partial charge in [0.25, 0.3) is 5.91 Å². The number of carbonyl (C=O) groups excluding carboxylic acids is 2. The van der Waals surface area contributed by atoms with Crippen LogP contribution in [0.1, 0.15) is 57.3 Å². The van der Waals surface area contributed by atoms with Crippen molar-refractivity contribution < 1.29 is 9.59 Å². The van der Waals surface area contributed by atoms with Gasteiger partial charge in [-0.3, -0.25) is 14.5 Å². The van der Waals surface area contributed by atoms with Gasteiger partial charge in [-0.1, -0.05) is 25.4 Å². The molecule has 0 radical (unpaired) electrons. The lowest BCUT2D eigenvalue weighted by molar-refractivity contribution is -0.127. The van der Waals surface area contributed by atoms with E-state index in [0.717, 1.165) is 25.9 Å². The molecule has 0 bridgehead atoms. The predicted molar refractivity (Wildman–Crippen MR) is 122 cm³/mol. The van der Waals surface area contributed by atoms with Crippen molar-refractivity contribution in [2.45, 2.75) is 52.5 Å². The number of rotatable bonds is 5. The molecule has 2 aliphatic rings. The molecule has 30 heavy (non-hydrogen) atoms. The van der Waals surface area contributed by atoms with Crippen LogP contribution in [0.4, 0.5) is 0 Å². The highest BCUT2D eigenvalue weighted by Crippen LogP contribution is 2.27. The van der Waals surface area contributed by atoms with Crippen molar-refractivity contribution in [3.05, 3.63) is 34.9 Å². The molecule has 2 saturated heterocycles. The Balaban J connectivity index is 1.54. The van der Waals surface area contributed by atoms with Gasteiger partial charge in [-0.15, -0.1) is 0 Å². The van der Waals surface area contributed by atoms with E-state index in [9.17, 15) is 9.59 Å². The summed E-state index contributed by atoms with van der Waals surface area (Å²) in [6.07, 6.45) is 2.95. The first-order valence-corrected chi connectivity index (χ1v) is 11.6. The minimum Gasteiger partial charge on any atom is -0.354 e. The Morgan fingerprint density at radius 1 is 1.10 bits per heavy atom. The SMILES string of the molecule is CC1CC(C)CN(C(C)(C)CNC(=O)C2CCCN(C(=O)c3ccc(Cl)cc3)C2)C1. The van der Waals surface area contributed by atoms with Gasteiger partial charge in [-0.05, 0) is 69.2 Å². The average molecular weight is 434 g/mol. The van der Waals surface area contributed by atoms with Crippen molar-refractivity contribution in [2.24, 2.45) is 17.8 Å². The van der Waals surface area contributed by atoms with Gasteiger partial charge in [0.2, 0.25) is 5.91 Å². The number of nitrogens with zero attached hydrogens (tertiary/aromatic N) is 2. The molecule has 3 atom stereocenters.